The van der Waals surface area contributed by atoms with Crippen molar-refractivity contribution in [3.63, 3.8) is 0 Å². The summed E-state index contributed by atoms with van der Waals surface area (Å²) in [6.45, 7) is 0. The molecule has 0 bridgehead atoms. The molecule has 182 valence electrons. The molecule has 0 saturated heterocycles. The van der Waals surface area contributed by atoms with E-state index < -0.39 is 23.1 Å². The normalized spacial score (nSPS) is 10.5. The first-order chi connectivity index (χ1) is 18.6. The average molecular weight is 495 g/mol. The van der Waals surface area contributed by atoms with Crippen LogP contribution in [0.15, 0.2) is 133 Å². The second-order valence-corrected chi connectivity index (χ2v) is 8.69. The number of carbonyl (C=O) groups is 4. The highest BCUT2D eigenvalue weighted by molar-refractivity contribution is 6.29. The van der Waals surface area contributed by atoms with Crippen molar-refractivity contribution in [2.24, 2.45) is 0 Å². The van der Waals surface area contributed by atoms with E-state index in [0.717, 1.165) is 0 Å². The van der Waals surface area contributed by atoms with E-state index in [0.29, 0.717) is 22.3 Å². The second-order valence-electron chi connectivity index (χ2n) is 8.69. The number of benzene rings is 5. The predicted molar refractivity (Wildman–Crippen MR) is 146 cm³/mol. The standard InChI is InChI=1S/C34H22O4/c35-31(23-13-5-1-6-14-23)27-21-22-28(32(36)24-15-7-2-8-16-24)30(34(38)26-19-11-4-12-20-26)29(27)33(37)25-17-9-3-10-18-25/h1-22H. The van der Waals surface area contributed by atoms with Gasteiger partial charge in [0.25, 0.3) is 0 Å². The summed E-state index contributed by atoms with van der Waals surface area (Å²) in [5, 5.41) is 0. The molecule has 5 aromatic carbocycles. The van der Waals surface area contributed by atoms with Crippen LogP contribution in [0.3, 0.4) is 0 Å². The molecule has 0 spiro atoms. The highest BCUT2D eigenvalue weighted by Crippen LogP contribution is 2.29. The fourth-order valence-electron chi connectivity index (χ4n) is 4.41. The van der Waals surface area contributed by atoms with E-state index >= 15 is 0 Å². The summed E-state index contributed by atoms with van der Waals surface area (Å²) in [4.78, 5) is 55.5. The first-order valence-electron chi connectivity index (χ1n) is 12.1. The van der Waals surface area contributed by atoms with Crippen LogP contribution in [0.4, 0.5) is 0 Å². The Labute approximate surface area is 220 Å². The predicted octanol–water partition coefficient (Wildman–Crippen LogP) is 6.61. The minimum Gasteiger partial charge on any atom is -0.289 e. The zero-order valence-electron chi connectivity index (χ0n) is 20.3. The highest BCUT2D eigenvalue weighted by atomic mass is 16.1. The van der Waals surface area contributed by atoms with Crippen molar-refractivity contribution < 1.29 is 19.2 Å². The fraction of sp³-hybridized carbons (Fsp3) is 0. The number of hydrogen-bond acceptors (Lipinski definition) is 4. The van der Waals surface area contributed by atoms with Crippen LogP contribution < -0.4 is 0 Å². The van der Waals surface area contributed by atoms with Crippen molar-refractivity contribution >= 4 is 23.1 Å². The van der Waals surface area contributed by atoms with Gasteiger partial charge in [0.05, 0.1) is 0 Å². The van der Waals surface area contributed by atoms with E-state index in [4.69, 9.17) is 0 Å². The van der Waals surface area contributed by atoms with Crippen LogP contribution >= 0.6 is 0 Å². The molecule has 4 heteroatoms. The lowest BCUT2D eigenvalue weighted by molar-refractivity contribution is 0.0981. The number of hydrogen-bond donors (Lipinski definition) is 0. The van der Waals surface area contributed by atoms with Gasteiger partial charge in [-0.2, -0.15) is 0 Å². The molecule has 5 rings (SSSR count). The molecule has 0 heterocycles. The maximum absolute atomic E-state index is 14.1. The highest BCUT2D eigenvalue weighted by Gasteiger charge is 2.31. The lowest BCUT2D eigenvalue weighted by atomic mass is 9.82. The minimum absolute atomic E-state index is 0.0638. The van der Waals surface area contributed by atoms with Crippen molar-refractivity contribution in [1.82, 2.24) is 0 Å². The summed E-state index contributed by atoms with van der Waals surface area (Å²) in [5.41, 5.74) is 1.32. The lowest BCUT2D eigenvalue weighted by Crippen LogP contribution is -2.21. The van der Waals surface area contributed by atoms with Gasteiger partial charge in [0, 0.05) is 44.5 Å². The molecule has 0 aliphatic heterocycles. The maximum Gasteiger partial charge on any atom is 0.194 e. The van der Waals surface area contributed by atoms with Crippen LogP contribution in [0.1, 0.15) is 63.7 Å². The summed E-state index contributed by atoms with van der Waals surface area (Å²) in [7, 11) is 0. The number of ketones is 4. The molecular weight excluding hydrogens is 472 g/mol. The maximum atomic E-state index is 14.1. The minimum atomic E-state index is -0.508. The smallest absolute Gasteiger partial charge is 0.194 e. The molecule has 0 aliphatic rings. The zero-order valence-corrected chi connectivity index (χ0v) is 20.3. The third-order valence-corrected chi connectivity index (χ3v) is 6.29. The monoisotopic (exact) mass is 494 g/mol. The Morgan fingerprint density at radius 2 is 0.526 bits per heavy atom. The zero-order chi connectivity index (χ0) is 26.5. The Kier molecular flexibility index (Phi) is 6.96. The van der Waals surface area contributed by atoms with E-state index in [2.05, 4.69) is 0 Å². The summed E-state index contributed by atoms with van der Waals surface area (Å²) in [6.07, 6.45) is 0. The molecule has 0 amide bonds. The molecule has 0 fully saturated rings. The third kappa shape index (κ3) is 4.75. The Morgan fingerprint density at radius 1 is 0.289 bits per heavy atom. The Hall–Kier alpha value is -5.22. The number of carbonyl (C=O) groups excluding carboxylic acids is 4. The van der Waals surface area contributed by atoms with Gasteiger partial charge in [-0.15, -0.1) is 0 Å². The Balaban J connectivity index is 1.83. The molecule has 0 saturated carbocycles. The average Bonchev–Trinajstić information content (AvgIpc) is 3.00. The van der Waals surface area contributed by atoms with Crippen LogP contribution in [0.2, 0.25) is 0 Å². The van der Waals surface area contributed by atoms with E-state index in [1.807, 2.05) is 0 Å². The van der Waals surface area contributed by atoms with Gasteiger partial charge in [-0.3, -0.25) is 19.2 Å². The quantitative estimate of drug-likeness (QED) is 0.228. The van der Waals surface area contributed by atoms with E-state index in [-0.39, 0.29) is 22.3 Å². The molecule has 5 aromatic rings. The topological polar surface area (TPSA) is 68.3 Å². The van der Waals surface area contributed by atoms with Gasteiger partial charge in [-0.1, -0.05) is 121 Å². The van der Waals surface area contributed by atoms with E-state index in [1.54, 1.807) is 121 Å². The Bertz CT molecular complexity index is 1510. The lowest BCUT2D eigenvalue weighted by Gasteiger charge is -2.17. The van der Waals surface area contributed by atoms with Gasteiger partial charge >= 0.3 is 0 Å². The molecule has 0 N–H and O–H groups in total. The Morgan fingerprint density at radius 3 is 0.789 bits per heavy atom. The van der Waals surface area contributed by atoms with Crippen LogP contribution in [-0.4, -0.2) is 23.1 Å². The van der Waals surface area contributed by atoms with Gasteiger partial charge < -0.3 is 0 Å². The number of rotatable bonds is 8. The summed E-state index contributed by atoms with van der Waals surface area (Å²) >= 11 is 0. The fourth-order valence-corrected chi connectivity index (χ4v) is 4.41. The summed E-state index contributed by atoms with van der Waals surface area (Å²) < 4.78 is 0. The van der Waals surface area contributed by atoms with Crippen LogP contribution in [-0.2, 0) is 0 Å². The van der Waals surface area contributed by atoms with Crippen molar-refractivity contribution in [1.29, 1.82) is 0 Å². The van der Waals surface area contributed by atoms with Crippen LogP contribution in [0, 0.1) is 0 Å². The van der Waals surface area contributed by atoms with Gasteiger partial charge in [0.2, 0.25) is 0 Å². The van der Waals surface area contributed by atoms with Gasteiger partial charge in [0.15, 0.2) is 23.1 Å². The molecule has 38 heavy (non-hydrogen) atoms. The molecule has 0 aliphatic carbocycles. The van der Waals surface area contributed by atoms with Crippen molar-refractivity contribution in [2.45, 2.75) is 0 Å². The van der Waals surface area contributed by atoms with Crippen molar-refractivity contribution in [3.8, 4) is 0 Å². The van der Waals surface area contributed by atoms with Gasteiger partial charge in [-0.05, 0) is 12.1 Å². The van der Waals surface area contributed by atoms with Crippen molar-refractivity contribution in [3.05, 3.63) is 178 Å². The molecule has 0 radical (unpaired) electrons. The van der Waals surface area contributed by atoms with Crippen LogP contribution in [0.25, 0.3) is 0 Å². The second kappa shape index (κ2) is 10.8. The van der Waals surface area contributed by atoms with E-state index in [1.165, 1.54) is 12.1 Å². The van der Waals surface area contributed by atoms with Gasteiger partial charge in [-0.25, -0.2) is 0 Å². The van der Waals surface area contributed by atoms with Crippen LogP contribution in [0.5, 0.6) is 0 Å². The summed E-state index contributed by atoms with van der Waals surface area (Å²) in [5.74, 6) is -1.84. The largest absolute Gasteiger partial charge is 0.289 e. The summed E-state index contributed by atoms with van der Waals surface area (Å²) in [6, 6.07) is 37.0. The molecule has 0 aromatic heterocycles. The van der Waals surface area contributed by atoms with Gasteiger partial charge in [0.1, 0.15) is 0 Å². The first kappa shape index (κ1) is 24.5. The third-order valence-electron chi connectivity index (χ3n) is 6.29. The first-order valence-corrected chi connectivity index (χ1v) is 12.1. The van der Waals surface area contributed by atoms with E-state index in [9.17, 15) is 19.2 Å². The SMILES string of the molecule is O=C(c1ccccc1)c1ccc(C(=O)c2ccccc2)c(C(=O)c2ccccc2)c1C(=O)c1ccccc1. The molecule has 4 nitrogen and oxygen atoms in total. The molecule has 0 atom stereocenters. The van der Waals surface area contributed by atoms with Crippen molar-refractivity contribution in [2.75, 3.05) is 0 Å². The molecular formula is C34H22O4. The molecule has 0 unspecified atom stereocenters.